The lowest BCUT2D eigenvalue weighted by molar-refractivity contribution is 0.520. The molecule has 0 saturated carbocycles. The first-order chi connectivity index (χ1) is 8.25. The Bertz CT molecular complexity index is 495. The Hall–Kier alpha value is -1.07. The molecule has 0 aliphatic rings. The topological polar surface area (TPSA) is 49.4 Å². The van der Waals surface area contributed by atoms with E-state index in [-0.39, 0.29) is 0 Å². The molecule has 1 N–H and O–H groups in total. The Balaban J connectivity index is 3.00. The average Bonchev–Trinajstić information content (AvgIpc) is 2.28. The van der Waals surface area contributed by atoms with Crippen molar-refractivity contribution in [1.29, 1.82) is 0 Å². The Morgan fingerprint density at radius 1 is 1.17 bits per heavy atom. The highest BCUT2D eigenvalue weighted by atomic mass is 32.2. The van der Waals surface area contributed by atoms with Crippen molar-refractivity contribution in [2.45, 2.75) is 31.7 Å². The molecule has 0 radical (unpaired) electrons. The molecule has 0 heterocycles. The van der Waals surface area contributed by atoms with Crippen molar-refractivity contribution in [3.8, 4) is 0 Å². The summed E-state index contributed by atoms with van der Waals surface area (Å²) in [6.07, 6.45) is 0. The molecule has 0 bridgehead atoms. The van der Waals surface area contributed by atoms with Crippen LogP contribution in [-0.2, 0) is 10.0 Å². The summed E-state index contributed by atoms with van der Waals surface area (Å²) in [4.78, 5) is 0.313. The first-order valence-corrected chi connectivity index (χ1v) is 7.48. The summed E-state index contributed by atoms with van der Waals surface area (Å²) < 4.78 is 25.2. The van der Waals surface area contributed by atoms with E-state index in [2.05, 4.69) is 26.1 Å². The third kappa shape index (κ3) is 3.46. The average molecular weight is 270 g/mol. The number of nitrogens with one attached hydrogen (secondary N) is 1. The molecule has 0 saturated heterocycles. The smallest absolute Gasteiger partial charge is 0.242 e. The summed E-state index contributed by atoms with van der Waals surface area (Å²) in [5.74, 6) is 0.485. The van der Waals surface area contributed by atoms with Crippen molar-refractivity contribution in [1.82, 2.24) is 4.31 Å². The minimum absolute atomic E-state index is 0.294. The molecule has 0 spiro atoms. The van der Waals surface area contributed by atoms with Gasteiger partial charge in [-0.25, -0.2) is 12.7 Å². The van der Waals surface area contributed by atoms with Gasteiger partial charge in [0.2, 0.25) is 10.0 Å². The monoisotopic (exact) mass is 270 g/mol. The maximum atomic E-state index is 12.0. The summed E-state index contributed by atoms with van der Waals surface area (Å²) in [5.41, 5.74) is 0.833. The predicted octanol–water partition coefficient (Wildman–Crippen LogP) is 2.39. The fourth-order valence-corrected chi connectivity index (χ4v) is 2.33. The Morgan fingerprint density at radius 2 is 1.78 bits per heavy atom. The summed E-state index contributed by atoms with van der Waals surface area (Å²) >= 11 is 0. The lowest BCUT2D eigenvalue weighted by atomic mass is 10.1. The number of benzene rings is 1. The van der Waals surface area contributed by atoms with Crippen molar-refractivity contribution >= 4 is 15.7 Å². The lowest BCUT2D eigenvalue weighted by Crippen LogP contribution is -2.23. The van der Waals surface area contributed by atoms with Crippen LogP contribution in [-0.4, -0.2) is 32.9 Å². The van der Waals surface area contributed by atoms with Crippen LogP contribution in [0.4, 0.5) is 5.69 Å². The quantitative estimate of drug-likeness (QED) is 0.893. The van der Waals surface area contributed by atoms with Gasteiger partial charge in [-0.1, -0.05) is 19.9 Å². The number of hydrogen-bond acceptors (Lipinski definition) is 3. The molecule has 4 nitrogen and oxygen atoms in total. The molecule has 5 heteroatoms. The van der Waals surface area contributed by atoms with Crippen LogP contribution in [0.5, 0.6) is 0 Å². The van der Waals surface area contributed by atoms with Crippen LogP contribution in [0.2, 0.25) is 0 Å². The van der Waals surface area contributed by atoms with Gasteiger partial charge in [-0.05, 0) is 31.0 Å². The molecule has 0 aromatic heterocycles. The molecule has 1 atom stereocenters. The van der Waals surface area contributed by atoms with Gasteiger partial charge in [0.1, 0.15) is 0 Å². The van der Waals surface area contributed by atoms with Crippen LogP contribution in [0.3, 0.4) is 0 Å². The summed E-state index contributed by atoms with van der Waals surface area (Å²) in [5, 5.41) is 3.31. The molecule has 0 aliphatic carbocycles. The number of rotatable bonds is 5. The SMILES string of the molecule is CC(C)C(C)Nc1cccc(S(=O)(=O)N(C)C)c1. The van der Waals surface area contributed by atoms with Crippen LogP contribution in [0.25, 0.3) is 0 Å². The Labute approximate surface area is 110 Å². The molecular weight excluding hydrogens is 248 g/mol. The molecule has 1 aromatic rings. The van der Waals surface area contributed by atoms with Crippen molar-refractivity contribution in [3.63, 3.8) is 0 Å². The molecule has 0 fully saturated rings. The zero-order valence-electron chi connectivity index (χ0n) is 11.6. The molecular formula is C13H22N2O2S. The first kappa shape index (κ1) is 15.0. The van der Waals surface area contributed by atoms with Gasteiger partial charge in [-0.15, -0.1) is 0 Å². The second-order valence-electron chi connectivity index (χ2n) is 4.99. The van der Waals surface area contributed by atoms with Crippen molar-refractivity contribution in [3.05, 3.63) is 24.3 Å². The largest absolute Gasteiger partial charge is 0.382 e. The van der Waals surface area contributed by atoms with Crippen LogP contribution in [0.15, 0.2) is 29.2 Å². The second kappa shape index (κ2) is 5.71. The van der Waals surface area contributed by atoms with Gasteiger partial charge in [0.25, 0.3) is 0 Å². The van der Waals surface area contributed by atoms with E-state index in [4.69, 9.17) is 0 Å². The third-order valence-corrected chi connectivity index (χ3v) is 4.82. The van der Waals surface area contributed by atoms with E-state index in [1.54, 1.807) is 18.2 Å². The number of nitrogens with zero attached hydrogens (tertiary/aromatic N) is 1. The van der Waals surface area contributed by atoms with Crippen LogP contribution in [0, 0.1) is 5.92 Å². The zero-order chi connectivity index (χ0) is 13.9. The van der Waals surface area contributed by atoms with Gasteiger partial charge >= 0.3 is 0 Å². The van der Waals surface area contributed by atoms with Crippen molar-refractivity contribution < 1.29 is 8.42 Å². The molecule has 102 valence electrons. The minimum Gasteiger partial charge on any atom is -0.382 e. The van der Waals surface area contributed by atoms with Gasteiger partial charge in [-0.2, -0.15) is 0 Å². The summed E-state index contributed by atoms with van der Waals surface area (Å²) in [6.45, 7) is 6.33. The van der Waals surface area contributed by atoms with E-state index in [1.165, 1.54) is 18.4 Å². The van der Waals surface area contributed by atoms with Gasteiger partial charge in [0.15, 0.2) is 0 Å². The fraction of sp³-hybridized carbons (Fsp3) is 0.538. The van der Waals surface area contributed by atoms with E-state index in [0.717, 1.165) is 5.69 Å². The molecule has 1 rings (SSSR count). The Kier molecular flexibility index (Phi) is 4.76. The highest BCUT2D eigenvalue weighted by Gasteiger charge is 2.17. The van der Waals surface area contributed by atoms with Crippen molar-refractivity contribution in [2.24, 2.45) is 5.92 Å². The van der Waals surface area contributed by atoms with E-state index in [9.17, 15) is 8.42 Å². The van der Waals surface area contributed by atoms with Gasteiger partial charge in [0, 0.05) is 25.8 Å². The molecule has 18 heavy (non-hydrogen) atoms. The van der Waals surface area contributed by atoms with E-state index in [0.29, 0.717) is 16.9 Å². The zero-order valence-corrected chi connectivity index (χ0v) is 12.5. The van der Waals surface area contributed by atoms with Gasteiger partial charge in [-0.3, -0.25) is 0 Å². The number of sulfonamides is 1. The maximum Gasteiger partial charge on any atom is 0.242 e. The maximum absolute atomic E-state index is 12.0. The van der Waals surface area contributed by atoms with Gasteiger partial charge in [0.05, 0.1) is 4.90 Å². The molecule has 1 aromatic carbocycles. The van der Waals surface area contributed by atoms with Crippen LogP contribution >= 0.6 is 0 Å². The van der Waals surface area contributed by atoms with Crippen LogP contribution in [0.1, 0.15) is 20.8 Å². The fourth-order valence-electron chi connectivity index (χ4n) is 1.39. The normalized spacial score (nSPS) is 13.9. The van der Waals surface area contributed by atoms with E-state index < -0.39 is 10.0 Å². The summed E-state index contributed by atoms with van der Waals surface area (Å²) in [7, 11) is -0.294. The standard InChI is InChI=1S/C13H22N2O2S/c1-10(2)11(3)14-12-7-6-8-13(9-12)18(16,17)15(4)5/h6-11,14H,1-5H3. The minimum atomic E-state index is -3.36. The Morgan fingerprint density at radius 3 is 2.28 bits per heavy atom. The third-order valence-electron chi connectivity index (χ3n) is 3.01. The van der Waals surface area contributed by atoms with E-state index in [1.807, 2.05) is 6.07 Å². The second-order valence-corrected chi connectivity index (χ2v) is 7.14. The van der Waals surface area contributed by atoms with E-state index >= 15 is 0 Å². The molecule has 1 unspecified atom stereocenters. The molecule has 0 amide bonds. The predicted molar refractivity (Wildman–Crippen MR) is 75.2 cm³/mol. The lowest BCUT2D eigenvalue weighted by Gasteiger charge is -2.19. The van der Waals surface area contributed by atoms with Gasteiger partial charge < -0.3 is 5.32 Å². The summed E-state index contributed by atoms with van der Waals surface area (Å²) in [6, 6.07) is 7.22. The highest BCUT2D eigenvalue weighted by molar-refractivity contribution is 7.89. The number of hydrogen-bond donors (Lipinski definition) is 1. The van der Waals surface area contributed by atoms with Crippen LogP contribution < -0.4 is 5.32 Å². The van der Waals surface area contributed by atoms with Crippen molar-refractivity contribution in [2.75, 3.05) is 19.4 Å². The highest BCUT2D eigenvalue weighted by Crippen LogP contribution is 2.19. The molecule has 0 aliphatic heterocycles. The first-order valence-electron chi connectivity index (χ1n) is 6.04. The number of anilines is 1.